The van der Waals surface area contributed by atoms with E-state index < -0.39 is 24.1 Å². The Kier molecular flexibility index (Phi) is 15.6. The number of rotatable bonds is 17. The first-order valence-corrected chi connectivity index (χ1v) is 8.59. The number of hydrogen-bond acceptors (Lipinski definition) is 8. The molecule has 0 aromatic rings. The van der Waals surface area contributed by atoms with Crippen molar-refractivity contribution in [2.75, 3.05) is 39.6 Å². The molecule has 0 fully saturated rings. The lowest BCUT2D eigenvalue weighted by atomic mass is 10.2. The minimum Gasteiger partial charge on any atom is -0.460 e. The van der Waals surface area contributed by atoms with Gasteiger partial charge in [0.05, 0.1) is 13.2 Å². The molecule has 8 heteroatoms. The molecule has 26 heavy (non-hydrogen) atoms. The Morgan fingerprint density at radius 1 is 0.731 bits per heavy atom. The molecule has 0 bridgehead atoms. The highest BCUT2D eigenvalue weighted by Crippen LogP contribution is 2.02. The standard InChI is InChI=1S/C18H30O8/c1-3-17(21)25-13-15(19)11-23-9-7-5-6-8-10-24-12-16(20)14-26-18(22)4-2/h3-4,15-16,19-20H,1-2,5-14H2/t15-,16+. The fraction of sp³-hybridized carbons (Fsp3) is 0.667. The lowest BCUT2D eigenvalue weighted by Gasteiger charge is -2.11. The molecule has 2 N–H and O–H groups in total. The zero-order valence-electron chi connectivity index (χ0n) is 15.1. The lowest BCUT2D eigenvalue weighted by molar-refractivity contribution is -0.142. The van der Waals surface area contributed by atoms with Crippen molar-refractivity contribution in [3.63, 3.8) is 0 Å². The SMILES string of the molecule is C=CC(=O)OC[C@H](O)COCCCCCCOC[C@H](O)COC(=O)C=C. The average molecular weight is 374 g/mol. The maximum atomic E-state index is 10.8. The van der Waals surface area contributed by atoms with Crippen LogP contribution in [0.4, 0.5) is 0 Å². The Hall–Kier alpha value is -1.74. The number of esters is 2. The fourth-order valence-electron chi connectivity index (χ4n) is 1.77. The van der Waals surface area contributed by atoms with Gasteiger partial charge in [-0.25, -0.2) is 9.59 Å². The number of ether oxygens (including phenoxy) is 4. The molecule has 0 aliphatic heterocycles. The van der Waals surface area contributed by atoms with Gasteiger partial charge in [-0.3, -0.25) is 0 Å². The molecule has 0 saturated heterocycles. The smallest absolute Gasteiger partial charge is 0.330 e. The van der Waals surface area contributed by atoms with Crippen LogP contribution in [0.5, 0.6) is 0 Å². The number of aliphatic hydroxyl groups excluding tert-OH is 2. The predicted molar refractivity (Wildman–Crippen MR) is 94.4 cm³/mol. The fourth-order valence-corrected chi connectivity index (χ4v) is 1.77. The van der Waals surface area contributed by atoms with Gasteiger partial charge in [0.1, 0.15) is 25.4 Å². The van der Waals surface area contributed by atoms with Gasteiger partial charge in [0.2, 0.25) is 0 Å². The highest BCUT2D eigenvalue weighted by atomic mass is 16.6. The van der Waals surface area contributed by atoms with E-state index in [4.69, 9.17) is 9.47 Å². The third kappa shape index (κ3) is 15.8. The largest absolute Gasteiger partial charge is 0.460 e. The second kappa shape index (κ2) is 16.7. The zero-order valence-corrected chi connectivity index (χ0v) is 15.1. The molecule has 0 heterocycles. The Balaban J connectivity index is 3.33. The van der Waals surface area contributed by atoms with Crippen molar-refractivity contribution in [2.24, 2.45) is 0 Å². The van der Waals surface area contributed by atoms with Gasteiger partial charge in [-0.1, -0.05) is 26.0 Å². The molecule has 0 rings (SSSR count). The van der Waals surface area contributed by atoms with Gasteiger partial charge in [-0.15, -0.1) is 0 Å². The average Bonchev–Trinajstić information content (AvgIpc) is 2.65. The molecule has 0 saturated carbocycles. The van der Waals surface area contributed by atoms with Crippen LogP contribution in [0, 0.1) is 0 Å². The first kappa shape index (κ1) is 24.3. The minimum absolute atomic E-state index is 0.110. The second-order valence-electron chi connectivity index (χ2n) is 5.54. The van der Waals surface area contributed by atoms with Crippen LogP contribution in [0.25, 0.3) is 0 Å². The summed E-state index contributed by atoms with van der Waals surface area (Å²) >= 11 is 0. The second-order valence-corrected chi connectivity index (χ2v) is 5.54. The van der Waals surface area contributed by atoms with E-state index in [1.54, 1.807) is 0 Å². The summed E-state index contributed by atoms with van der Waals surface area (Å²) < 4.78 is 20.0. The third-order valence-electron chi connectivity index (χ3n) is 3.12. The van der Waals surface area contributed by atoms with Gasteiger partial charge in [0, 0.05) is 25.4 Å². The number of unbranched alkanes of at least 4 members (excludes halogenated alkanes) is 3. The highest BCUT2D eigenvalue weighted by Gasteiger charge is 2.07. The summed E-state index contributed by atoms with van der Waals surface area (Å²) in [5.74, 6) is -1.15. The summed E-state index contributed by atoms with van der Waals surface area (Å²) in [6.07, 6.45) is 3.98. The quantitative estimate of drug-likeness (QED) is 0.218. The van der Waals surface area contributed by atoms with E-state index in [0.29, 0.717) is 13.2 Å². The highest BCUT2D eigenvalue weighted by molar-refractivity contribution is 5.81. The third-order valence-corrected chi connectivity index (χ3v) is 3.12. The van der Waals surface area contributed by atoms with Crippen LogP contribution in [0.15, 0.2) is 25.3 Å². The van der Waals surface area contributed by atoms with Gasteiger partial charge in [-0.05, 0) is 12.8 Å². The molecule has 2 atom stereocenters. The van der Waals surface area contributed by atoms with Crippen LogP contribution in [0.2, 0.25) is 0 Å². The Morgan fingerprint density at radius 2 is 1.12 bits per heavy atom. The van der Waals surface area contributed by atoms with Crippen LogP contribution >= 0.6 is 0 Å². The van der Waals surface area contributed by atoms with Crippen LogP contribution in [-0.2, 0) is 28.5 Å². The number of carbonyl (C=O) groups is 2. The summed E-state index contributed by atoms with van der Waals surface area (Å²) in [6.45, 7) is 7.55. The molecular formula is C18H30O8. The van der Waals surface area contributed by atoms with Gasteiger partial charge in [0.25, 0.3) is 0 Å². The molecule has 0 aromatic carbocycles. The Bertz CT molecular complexity index is 372. The number of aliphatic hydroxyl groups is 2. The molecule has 0 unspecified atom stereocenters. The monoisotopic (exact) mass is 374 g/mol. The van der Waals surface area contributed by atoms with Crippen LogP contribution in [0.1, 0.15) is 25.7 Å². The van der Waals surface area contributed by atoms with Gasteiger partial charge >= 0.3 is 11.9 Å². The minimum atomic E-state index is -0.843. The summed E-state index contributed by atoms with van der Waals surface area (Å²) in [5.41, 5.74) is 0. The van der Waals surface area contributed by atoms with Gasteiger partial charge in [-0.2, -0.15) is 0 Å². The first-order valence-electron chi connectivity index (χ1n) is 8.59. The predicted octanol–water partition coefficient (Wildman–Crippen LogP) is 0.760. The number of hydrogen-bond donors (Lipinski definition) is 2. The molecule has 0 radical (unpaired) electrons. The molecule has 8 nitrogen and oxygen atoms in total. The molecule has 0 amide bonds. The van der Waals surface area contributed by atoms with Crippen molar-refractivity contribution in [1.29, 1.82) is 0 Å². The van der Waals surface area contributed by atoms with Crippen LogP contribution < -0.4 is 0 Å². The number of carbonyl (C=O) groups excluding carboxylic acids is 2. The maximum absolute atomic E-state index is 10.8. The van der Waals surface area contributed by atoms with Crippen molar-refractivity contribution in [2.45, 2.75) is 37.9 Å². The van der Waals surface area contributed by atoms with Crippen LogP contribution in [0.3, 0.4) is 0 Å². The first-order chi connectivity index (χ1) is 12.5. The van der Waals surface area contributed by atoms with Crippen molar-refractivity contribution < 1.29 is 38.7 Å². The summed E-state index contributed by atoms with van der Waals surface area (Å²) in [4.78, 5) is 21.6. The van der Waals surface area contributed by atoms with Crippen LogP contribution in [-0.4, -0.2) is 74.0 Å². The molecular weight excluding hydrogens is 344 g/mol. The Labute approximate surface area is 154 Å². The summed E-state index contributed by atoms with van der Waals surface area (Å²) in [7, 11) is 0. The van der Waals surface area contributed by atoms with Gasteiger partial charge in [0.15, 0.2) is 0 Å². The molecule has 0 spiro atoms. The van der Waals surface area contributed by atoms with Crippen molar-refractivity contribution in [3.05, 3.63) is 25.3 Å². The Morgan fingerprint density at radius 3 is 1.46 bits per heavy atom. The van der Waals surface area contributed by atoms with Gasteiger partial charge < -0.3 is 29.2 Å². The molecule has 150 valence electrons. The van der Waals surface area contributed by atoms with E-state index in [1.165, 1.54) is 0 Å². The van der Waals surface area contributed by atoms with Crippen molar-refractivity contribution in [1.82, 2.24) is 0 Å². The summed E-state index contributed by atoms with van der Waals surface area (Å²) in [5, 5.41) is 19.0. The molecule has 0 aromatic heterocycles. The van der Waals surface area contributed by atoms with E-state index in [1.807, 2.05) is 0 Å². The van der Waals surface area contributed by atoms with E-state index in [9.17, 15) is 19.8 Å². The molecule has 0 aliphatic rings. The topological polar surface area (TPSA) is 112 Å². The normalized spacial score (nSPS) is 12.8. The van der Waals surface area contributed by atoms with E-state index in [2.05, 4.69) is 22.6 Å². The summed E-state index contributed by atoms with van der Waals surface area (Å²) in [6, 6.07) is 0. The van der Waals surface area contributed by atoms with E-state index >= 15 is 0 Å². The zero-order chi connectivity index (χ0) is 19.6. The maximum Gasteiger partial charge on any atom is 0.330 e. The lowest BCUT2D eigenvalue weighted by Crippen LogP contribution is -2.23. The van der Waals surface area contributed by atoms with E-state index in [0.717, 1.165) is 37.8 Å². The molecule has 0 aliphatic carbocycles. The van der Waals surface area contributed by atoms with Crippen molar-refractivity contribution >= 4 is 11.9 Å². The van der Waals surface area contributed by atoms with E-state index in [-0.39, 0.29) is 26.4 Å². The van der Waals surface area contributed by atoms with Crippen molar-refractivity contribution in [3.8, 4) is 0 Å².